The third kappa shape index (κ3) is 2.90. The van der Waals surface area contributed by atoms with E-state index in [-0.39, 0.29) is 11.3 Å². The highest BCUT2D eigenvalue weighted by Crippen LogP contribution is 2.39. The Morgan fingerprint density at radius 1 is 1.25 bits per heavy atom. The molecule has 20 heavy (non-hydrogen) atoms. The van der Waals surface area contributed by atoms with Gasteiger partial charge in [0.1, 0.15) is 18.2 Å². The summed E-state index contributed by atoms with van der Waals surface area (Å²) in [6.07, 6.45) is 3.02. The number of nitrogens with one attached hydrogen (secondary N) is 1. The molecule has 0 spiro atoms. The number of benzene rings is 1. The number of aromatic nitrogens is 1. The molecule has 7 heteroatoms. The molecule has 0 aliphatic carbocycles. The topological polar surface area (TPSA) is 25.0 Å². The lowest BCUT2D eigenvalue weighted by Crippen LogP contribution is -2.10. The van der Waals surface area contributed by atoms with Crippen LogP contribution in [0.3, 0.4) is 0 Å². The number of H-pyrrole nitrogens is 1. The van der Waals surface area contributed by atoms with Crippen LogP contribution in [0.2, 0.25) is 5.02 Å². The van der Waals surface area contributed by atoms with Gasteiger partial charge in [0, 0.05) is 23.9 Å². The van der Waals surface area contributed by atoms with Crippen molar-refractivity contribution in [3.05, 3.63) is 52.6 Å². The zero-order chi connectivity index (χ0) is 14.7. The number of ether oxygens (including phenoxy) is 1. The maximum atomic E-state index is 13.5. The van der Waals surface area contributed by atoms with Gasteiger partial charge in [-0.2, -0.15) is 8.78 Å². The molecule has 1 heterocycles. The summed E-state index contributed by atoms with van der Waals surface area (Å²) in [6, 6.07) is 3.46. The summed E-state index contributed by atoms with van der Waals surface area (Å²) in [6.45, 7) is -4.04. The Balaban J connectivity index is 2.54. The molecule has 0 radical (unpaired) electrons. The van der Waals surface area contributed by atoms with E-state index in [2.05, 4.69) is 9.72 Å². The van der Waals surface area contributed by atoms with E-state index >= 15 is 0 Å². The van der Waals surface area contributed by atoms with Gasteiger partial charge in [0.05, 0.1) is 5.02 Å². The second-order valence-electron chi connectivity index (χ2n) is 4.00. The highest BCUT2D eigenvalue weighted by Gasteiger charge is 2.25. The molecular weight excluding hydrogens is 298 g/mol. The van der Waals surface area contributed by atoms with Crippen LogP contribution in [0.1, 0.15) is 17.0 Å². The number of hydrogen-bond acceptors (Lipinski definition) is 1. The maximum absolute atomic E-state index is 13.5. The van der Waals surface area contributed by atoms with Crippen molar-refractivity contribution in [3.8, 4) is 5.75 Å². The van der Waals surface area contributed by atoms with Crippen LogP contribution in [0.4, 0.5) is 17.6 Å². The zero-order valence-corrected chi connectivity index (χ0v) is 10.8. The van der Waals surface area contributed by atoms with Crippen LogP contribution < -0.4 is 4.74 Å². The van der Waals surface area contributed by atoms with Crippen molar-refractivity contribution < 1.29 is 22.3 Å². The van der Waals surface area contributed by atoms with Gasteiger partial charge in [0.2, 0.25) is 0 Å². The number of hydrogen-bond donors (Lipinski definition) is 1. The number of alkyl halides is 3. The van der Waals surface area contributed by atoms with Crippen molar-refractivity contribution in [2.24, 2.45) is 0 Å². The van der Waals surface area contributed by atoms with Gasteiger partial charge < -0.3 is 9.72 Å². The van der Waals surface area contributed by atoms with Crippen LogP contribution in [0.15, 0.2) is 30.6 Å². The van der Waals surface area contributed by atoms with Crippen LogP contribution in [-0.4, -0.2) is 18.3 Å². The summed E-state index contributed by atoms with van der Waals surface area (Å²) in [7, 11) is 0. The Bertz CT molecular complexity index is 574. The second-order valence-corrected chi connectivity index (χ2v) is 4.38. The van der Waals surface area contributed by atoms with E-state index in [0.717, 1.165) is 12.1 Å². The maximum Gasteiger partial charge on any atom is 0.387 e. The predicted octanol–water partition coefficient (Wildman–Crippen LogP) is 4.51. The van der Waals surface area contributed by atoms with E-state index in [1.807, 2.05) is 0 Å². The average Bonchev–Trinajstić information content (AvgIpc) is 2.91. The minimum absolute atomic E-state index is 0.130. The molecule has 0 aliphatic rings. The minimum atomic E-state index is -3.11. The Morgan fingerprint density at radius 3 is 2.55 bits per heavy atom. The standard InChI is InChI=1S/C13H10ClF4NO/c14-12-9(16)1-2-10(20-13(17)18)11(12)8(5-15)7-3-4-19-6-7/h1-4,6,8,13,19H,5H2. The first-order chi connectivity index (χ1) is 9.54. The first kappa shape index (κ1) is 14.7. The molecule has 1 aromatic carbocycles. The second kappa shape index (κ2) is 6.17. The van der Waals surface area contributed by atoms with Gasteiger partial charge in [0.25, 0.3) is 0 Å². The first-order valence-corrected chi connectivity index (χ1v) is 6.03. The summed E-state index contributed by atoms with van der Waals surface area (Å²) in [5, 5.41) is -0.424. The van der Waals surface area contributed by atoms with E-state index in [1.165, 1.54) is 6.20 Å². The monoisotopic (exact) mass is 307 g/mol. The molecule has 0 fully saturated rings. The lowest BCUT2D eigenvalue weighted by molar-refractivity contribution is -0.0506. The van der Waals surface area contributed by atoms with Crippen molar-refractivity contribution in [2.45, 2.75) is 12.5 Å². The molecule has 1 N–H and O–H groups in total. The zero-order valence-electron chi connectivity index (χ0n) is 10.0. The van der Waals surface area contributed by atoms with E-state index in [9.17, 15) is 17.6 Å². The van der Waals surface area contributed by atoms with Crippen molar-refractivity contribution in [1.82, 2.24) is 4.98 Å². The predicted molar refractivity (Wildman–Crippen MR) is 66.7 cm³/mol. The quantitative estimate of drug-likeness (QED) is 0.808. The normalized spacial score (nSPS) is 12.7. The molecule has 1 atom stereocenters. The fraction of sp³-hybridized carbons (Fsp3) is 0.231. The number of halogens is 5. The van der Waals surface area contributed by atoms with E-state index in [4.69, 9.17) is 11.6 Å². The Hall–Kier alpha value is -1.69. The van der Waals surface area contributed by atoms with Gasteiger partial charge in [-0.15, -0.1) is 0 Å². The number of aromatic amines is 1. The molecule has 2 aromatic rings. The molecule has 0 saturated carbocycles. The molecular formula is C13H10ClF4NO. The minimum Gasteiger partial charge on any atom is -0.434 e. The summed E-state index contributed by atoms with van der Waals surface area (Å²) in [5.74, 6) is -2.15. The third-order valence-electron chi connectivity index (χ3n) is 2.84. The first-order valence-electron chi connectivity index (χ1n) is 5.66. The molecule has 0 amide bonds. The van der Waals surface area contributed by atoms with E-state index in [1.54, 1.807) is 12.3 Å². The largest absolute Gasteiger partial charge is 0.434 e. The van der Waals surface area contributed by atoms with Gasteiger partial charge in [0.15, 0.2) is 0 Å². The van der Waals surface area contributed by atoms with Crippen LogP contribution in [0, 0.1) is 5.82 Å². The SMILES string of the molecule is FCC(c1cc[nH]c1)c1c(OC(F)F)ccc(F)c1Cl. The van der Waals surface area contributed by atoms with Crippen LogP contribution in [-0.2, 0) is 0 Å². The Morgan fingerprint density at radius 2 is 2.00 bits per heavy atom. The summed E-state index contributed by atoms with van der Waals surface area (Å²) in [4.78, 5) is 2.72. The lowest BCUT2D eigenvalue weighted by atomic mass is 9.93. The average molecular weight is 308 g/mol. The van der Waals surface area contributed by atoms with E-state index in [0.29, 0.717) is 5.56 Å². The van der Waals surface area contributed by atoms with Crippen LogP contribution >= 0.6 is 11.6 Å². The van der Waals surface area contributed by atoms with Gasteiger partial charge in [-0.1, -0.05) is 11.6 Å². The van der Waals surface area contributed by atoms with Gasteiger partial charge >= 0.3 is 6.61 Å². The van der Waals surface area contributed by atoms with Crippen LogP contribution in [0.5, 0.6) is 5.75 Å². The third-order valence-corrected chi connectivity index (χ3v) is 3.22. The van der Waals surface area contributed by atoms with Crippen molar-refractivity contribution in [2.75, 3.05) is 6.67 Å². The molecule has 1 aromatic heterocycles. The summed E-state index contributed by atoms with van der Waals surface area (Å²) >= 11 is 5.80. The van der Waals surface area contributed by atoms with Crippen LogP contribution in [0.25, 0.3) is 0 Å². The highest BCUT2D eigenvalue weighted by molar-refractivity contribution is 6.31. The summed E-state index contributed by atoms with van der Waals surface area (Å²) < 4.78 is 55.9. The fourth-order valence-electron chi connectivity index (χ4n) is 1.96. The number of rotatable bonds is 5. The molecule has 2 rings (SSSR count). The highest BCUT2D eigenvalue weighted by atomic mass is 35.5. The van der Waals surface area contributed by atoms with Gasteiger partial charge in [-0.05, 0) is 23.8 Å². The smallest absolute Gasteiger partial charge is 0.387 e. The van der Waals surface area contributed by atoms with Gasteiger partial charge in [-0.25, -0.2) is 4.39 Å². The molecule has 0 saturated heterocycles. The van der Waals surface area contributed by atoms with Gasteiger partial charge in [-0.3, -0.25) is 4.39 Å². The van der Waals surface area contributed by atoms with Crippen molar-refractivity contribution >= 4 is 11.6 Å². The molecule has 108 valence electrons. The fourth-order valence-corrected chi connectivity index (χ4v) is 2.25. The van der Waals surface area contributed by atoms with Crippen molar-refractivity contribution in [1.29, 1.82) is 0 Å². The van der Waals surface area contributed by atoms with Crippen molar-refractivity contribution in [3.63, 3.8) is 0 Å². The lowest BCUT2D eigenvalue weighted by Gasteiger charge is -2.19. The summed E-state index contributed by atoms with van der Waals surface area (Å²) in [5.41, 5.74) is 0.327. The Kier molecular flexibility index (Phi) is 4.54. The van der Waals surface area contributed by atoms with E-state index < -0.39 is 30.0 Å². The molecule has 1 unspecified atom stereocenters. The Labute approximate surface area is 117 Å². The molecule has 0 bridgehead atoms. The molecule has 0 aliphatic heterocycles. The molecule has 2 nitrogen and oxygen atoms in total.